The van der Waals surface area contributed by atoms with Crippen LogP contribution in [0.1, 0.15) is 0 Å². The minimum atomic E-state index is 1.36. The van der Waals surface area contributed by atoms with Gasteiger partial charge in [0.15, 0.2) is 0 Å². The van der Waals surface area contributed by atoms with E-state index in [9.17, 15) is 0 Å². The molecule has 3 rings (SSSR count). The number of hydrogen-bond donors (Lipinski definition) is 0. The molecule has 0 N–H and O–H groups in total. The van der Waals surface area contributed by atoms with Crippen LogP contribution in [0.4, 0.5) is 0 Å². The minimum absolute atomic E-state index is 1.36. The number of fused-ring (bicyclic) bond motifs is 4. The normalized spacial score (nSPS) is 10.9. The molecule has 0 heterocycles. The van der Waals surface area contributed by atoms with Crippen LogP contribution >= 0.6 is 0 Å². The lowest BCUT2D eigenvalue weighted by molar-refractivity contribution is 1.66. The number of hydrogen-bond acceptors (Lipinski definition) is 0. The van der Waals surface area contributed by atoms with E-state index in [0.717, 1.165) is 0 Å². The maximum Gasteiger partial charge on any atom is -0.00990 e. The summed E-state index contributed by atoms with van der Waals surface area (Å²) in [7, 11) is 0. The molecule has 0 bridgehead atoms. The molecule has 0 unspecified atom stereocenters. The average Bonchev–Trinajstić information content (AvgIpc) is 2.17. The predicted octanol–water partition coefficient (Wildman–Crippen LogP) is 3.94. The molecule has 1 aromatic carbocycles. The third-order valence-corrected chi connectivity index (χ3v) is 2.66. The van der Waals surface area contributed by atoms with Gasteiger partial charge in [-0.05, 0) is 21.9 Å². The van der Waals surface area contributed by atoms with E-state index in [2.05, 4.69) is 60.7 Å². The molecule has 2 aliphatic rings. The Morgan fingerprint density at radius 1 is 0.429 bits per heavy atom. The van der Waals surface area contributed by atoms with Gasteiger partial charge in [-0.1, -0.05) is 60.7 Å². The summed E-state index contributed by atoms with van der Waals surface area (Å²) in [5, 5.41) is 2.75. The molecule has 0 fully saturated rings. The molecular weight excluding hydrogens is 168 g/mol. The van der Waals surface area contributed by atoms with Crippen molar-refractivity contribution >= 4 is 10.8 Å². The van der Waals surface area contributed by atoms with Crippen LogP contribution < -0.4 is 0 Å². The first-order valence-electron chi connectivity index (χ1n) is 4.82. The molecular formula is C14H10. The Bertz CT molecular complexity index is 500. The summed E-state index contributed by atoms with van der Waals surface area (Å²) in [5.41, 5.74) is 2.72. The number of rotatable bonds is 0. The van der Waals surface area contributed by atoms with Crippen molar-refractivity contribution in [2.75, 3.05) is 0 Å². The maximum atomic E-state index is 2.18. The average molecular weight is 178 g/mol. The fourth-order valence-electron chi connectivity index (χ4n) is 1.97. The zero-order valence-corrected chi connectivity index (χ0v) is 7.77. The molecule has 1 aromatic rings. The van der Waals surface area contributed by atoms with E-state index in [1.54, 1.807) is 0 Å². The Balaban J connectivity index is 2.47. The Labute approximate surface area is 83.1 Å². The zero-order chi connectivity index (χ0) is 9.38. The topological polar surface area (TPSA) is 0 Å². The highest BCUT2D eigenvalue weighted by atomic mass is 14.1. The molecule has 0 amide bonds. The zero-order valence-electron chi connectivity index (χ0n) is 7.77. The molecule has 0 aromatic heterocycles. The van der Waals surface area contributed by atoms with E-state index >= 15 is 0 Å². The molecule has 0 atom stereocenters. The van der Waals surface area contributed by atoms with Gasteiger partial charge in [0.25, 0.3) is 0 Å². The molecule has 0 radical (unpaired) electrons. The van der Waals surface area contributed by atoms with Crippen LogP contribution in [-0.2, 0) is 0 Å². The van der Waals surface area contributed by atoms with Gasteiger partial charge in [-0.25, -0.2) is 0 Å². The van der Waals surface area contributed by atoms with Gasteiger partial charge >= 0.3 is 0 Å². The van der Waals surface area contributed by atoms with Crippen LogP contribution in [-0.4, -0.2) is 0 Å². The fraction of sp³-hybridized carbons (Fsp3) is 0. The summed E-state index contributed by atoms with van der Waals surface area (Å²) in [6, 6.07) is 21.2. The second-order valence-corrected chi connectivity index (χ2v) is 3.48. The first-order chi connectivity index (χ1) is 6.97. The highest BCUT2D eigenvalue weighted by Gasteiger charge is 2.11. The lowest BCUT2D eigenvalue weighted by Gasteiger charge is -2.15. The van der Waals surface area contributed by atoms with Crippen LogP contribution in [0.2, 0.25) is 0 Å². The van der Waals surface area contributed by atoms with E-state index < -0.39 is 0 Å². The van der Waals surface area contributed by atoms with Crippen LogP contribution in [0.25, 0.3) is 21.9 Å². The Kier molecular flexibility index (Phi) is 1.54. The molecule has 0 saturated heterocycles. The highest BCUT2D eigenvalue weighted by molar-refractivity contribution is 6.13. The van der Waals surface area contributed by atoms with Gasteiger partial charge in [0.2, 0.25) is 0 Å². The van der Waals surface area contributed by atoms with Gasteiger partial charge in [-0.15, -0.1) is 0 Å². The molecule has 0 nitrogen and oxygen atoms in total. The molecule has 0 spiro atoms. The number of benzene rings is 1. The molecule has 0 aliphatic heterocycles. The van der Waals surface area contributed by atoms with Gasteiger partial charge in [0, 0.05) is 0 Å². The van der Waals surface area contributed by atoms with Crippen molar-refractivity contribution in [1.29, 1.82) is 0 Å². The summed E-state index contributed by atoms with van der Waals surface area (Å²) < 4.78 is 0. The first-order valence-corrected chi connectivity index (χ1v) is 4.82. The van der Waals surface area contributed by atoms with Gasteiger partial charge in [-0.2, -0.15) is 0 Å². The minimum Gasteiger partial charge on any atom is -0.0622 e. The van der Waals surface area contributed by atoms with Crippen LogP contribution in [0, 0.1) is 0 Å². The lowest BCUT2D eigenvalue weighted by atomic mass is 9.88. The Morgan fingerprint density at radius 3 is 1.36 bits per heavy atom. The van der Waals surface area contributed by atoms with Crippen LogP contribution in [0.3, 0.4) is 0 Å². The SMILES string of the molecule is c1cccc2c3ccccc3c-2cc1. The monoisotopic (exact) mass is 178 g/mol. The first kappa shape index (κ1) is 7.57. The van der Waals surface area contributed by atoms with Gasteiger partial charge in [0.05, 0.1) is 0 Å². The smallest absolute Gasteiger partial charge is 0.00990 e. The third kappa shape index (κ3) is 0.942. The summed E-state index contributed by atoms with van der Waals surface area (Å²) in [6.07, 6.45) is 0. The highest BCUT2D eigenvalue weighted by Crippen LogP contribution is 2.39. The van der Waals surface area contributed by atoms with Crippen molar-refractivity contribution in [3.05, 3.63) is 60.7 Å². The van der Waals surface area contributed by atoms with Crippen LogP contribution in [0.15, 0.2) is 60.7 Å². The molecule has 0 saturated carbocycles. The Morgan fingerprint density at radius 2 is 0.857 bits per heavy atom. The van der Waals surface area contributed by atoms with Gasteiger partial charge in [0.1, 0.15) is 0 Å². The van der Waals surface area contributed by atoms with Gasteiger partial charge < -0.3 is 0 Å². The lowest BCUT2D eigenvalue weighted by Crippen LogP contribution is -1.88. The van der Waals surface area contributed by atoms with Crippen molar-refractivity contribution in [2.45, 2.75) is 0 Å². The predicted molar refractivity (Wildman–Crippen MR) is 60.6 cm³/mol. The fourth-order valence-corrected chi connectivity index (χ4v) is 1.97. The van der Waals surface area contributed by atoms with E-state index in [1.807, 2.05) is 0 Å². The molecule has 2 aliphatic carbocycles. The quantitative estimate of drug-likeness (QED) is 0.489. The van der Waals surface area contributed by atoms with E-state index in [0.29, 0.717) is 0 Å². The molecule has 66 valence electrons. The van der Waals surface area contributed by atoms with Crippen molar-refractivity contribution in [2.24, 2.45) is 0 Å². The summed E-state index contributed by atoms with van der Waals surface area (Å²) >= 11 is 0. The van der Waals surface area contributed by atoms with Crippen molar-refractivity contribution < 1.29 is 0 Å². The van der Waals surface area contributed by atoms with E-state index in [4.69, 9.17) is 0 Å². The summed E-state index contributed by atoms with van der Waals surface area (Å²) in [5.74, 6) is 0. The van der Waals surface area contributed by atoms with E-state index in [-0.39, 0.29) is 0 Å². The standard InChI is InChI=1S/C14H10/c1-2-4-8-12-11(7-3-1)13-9-5-6-10-14(12)13/h1-10H. The summed E-state index contributed by atoms with van der Waals surface area (Å²) in [6.45, 7) is 0. The van der Waals surface area contributed by atoms with Crippen molar-refractivity contribution in [1.82, 2.24) is 0 Å². The Hall–Kier alpha value is -1.82. The third-order valence-electron chi connectivity index (χ3n) is 2.66. The second kappa shape index (κ2) is 2.85. The second-order valence-electron chi connectivity index (χ2n) is 3.48. The summed E-state index contributed by atoms with van der Waals surface area (Å²) in [4.78, 5) is 0. The molecule has 0 heteroatoms. The maximum absolute atomic E-state index is 2.18. The largest absolute Gasteiger partial charge is 0.0622 e. The van der Waals surface area contributed by atoms with E-state index in [1.165, 1.54) is 21.9 Å². The van der Waals surface area contributed by atoms with Crippen LogP contribution in [0.5, 0.6) is 0 Å². The van der Waals surface area contributed by atoms with Gasteiger partial charge in [-0.3, -0.25) is 0 Å². The molecule has 14 heavy (non-hydrogen) atoms. The van der Waals surface area contributed by atoms with Crippen molar-refractivity contribution in [3.8, 4) is 11.1 Å². The van der Waals surface area contributed by atoms with Crippen molar-refractivity contribution in [3.63, 3.8) is 0 Å².